The van der Waals surface area contributed by atoms with E-state index in [1.807, 2.05) is 7.05 Å². The van der Waals surface area contributed by atoms with Crippen molar-refractivity contribution in [2.24, 2.45) is 0 Å². The van der Waals surface area contributed by atoms with Crippen LogP contribution in [0.2, 0.25) is 5.02 Å². The van der Waals surface area contributed by atoms with E-state index in [0.29, 0.717) is 15.2 Å². The van der Waals surface area contributed by atoms with Crippen molar-refractivity contribution in [2.45, 2.75) is 58.0 Å². The van der Waals surface area contributed by atoms with Crippen LogP contribution >= 0.6 is 11.6 Å². The molecular weight excluding hydrogens is 286 g/mol. The predicted molar refractivity (Wildman–Crippen MR) is 85.1 cm³/mol. The Morgan fingerprint density at radius 1 is 1.10 bits per heavy atom. The number of hydrogen-bond donors (Lipinski definition) is 0. The fourth-order valence-corrected chi connectivity index (χ4v) is 3.38. The molecule has 1 saturated heterocycles. The molecule has 1 aliphatic rings. The highest BCUT2D eigenvalue weighted by Crippen LogP contribution is 2.44. The Morgan fingerprint density at radius 2 is 1.57 bits per heavy atom. The standard InChI is InChI=1S/C17H25ClNO2/c1-16(2)11-6-12-17(3,4)19(16,5)21-15(20)13-7-9-14(18)10-8-13/h7-10H,6,11-12H2,1-5H3/q+1. The number of carbonyl (C=O) groups is 1. The van der Waals surface area contributed by atoms with E-state index >= 15 is 0 Å². The Labute approximate surface area is 132 Å². The summed E-state index contributed by atoms with van der Waals surface area (Å²) in [6, 6.07) is 6.84. The van der Waals surface area contributed by atoms with E-state index in [1.54, 1.807) is 24.3 Å². The maximum atomic E-state index is 12.5. The van der Waals surface area contributed by atoms with Crippen molar-refractivity contribution in [2.75, 3.05) is 7.05 Å². The summed E-state index contributed by atoms with van der Waals surface area (Å²) in [6.07, 6.45) is 3.24. The van der Waals surface area contributed by atoms with Gasteiger partial charge in [0.1, 0.15) is 18.1 Å². The van der Waals surface area contributed by atoms with Gasteiger partial charge in [-0.25, -0.2) is 4.79 Å². The number of halogens is 1. The van der Waals surface area contributed by atoms with Crippen LogP contribution in [0.15, 0.2) is 24.3 Å². The lowest BCUT2D eigenvalue weighted by molar-refractivity contribution is -1.15. The maximum absolute atomic E-state index is 12.5. The number of piperidine rings is 1. The Morgan fingerprint density at radius 3 is 2.05 bits per heavy atom. The number of hydroxylamine groups is 3. The van der Waals surface area contributed by atoms with Crippen LogP contribution in [-0.2, 0) is 4.84 Å². The monoisotopic (exact) mass is 310 g/mol. The highest BCUT2D eigenvalue weighted by molar-refractivity contribution is 6.30. The molecule has 0 unspecified atom stereocenters. The zero-order valence-electron chi connectivity index (χ0n) is 13.6. The van der Waals surface area contributed by atoms with Gasteiger partial charge in [-0.05, 0) is 58.4 Å². The Kier molecular flexibility index (Phi) is 4.11. The third-order valence-electron chi connectivity index (χ3n) is 5.23. The summed E-state index contributed by atoms with van der Waals surface area (Å²) in [4.78, 5) is 18.5. The fourth-order valence-electron chi connectivity index (χ4n) is 3.25. The van der Waals surface area contributed by atoms with Gasteiger partial charge in [-0.15, -0.1) is 4.65 Å². The van der Waals surface area contributed by atoms with Crippen LogP contribution in [0.1, 0.15) is 57.3 Å². The van der Waals surface area contributed by atoms with Gasteiger partial charge >= 0.3 is 5.97 Å². The molecule has 0 radical (unpaired) electrons. The number of rotatable bonds is 2. The Hall–Kier alpha value is -1.06. The van der Waals surface area contributed by atoms with Crippen LogP contribution < -0.4 is 0 Å². The van der Waals surface area contributed by atoms with Gasteiger partial charge in [0.2, 0.25) is 0 Å². The summed E-state index contributed by atoms with van der Waals surface area (Å²) in [5.74, 6) is -0.294. The van der Waals surface area contributed by atoms with Crippen LogP contribution in [0.5, 0.6) is 0 Å². The molecule has 4 heteroatoms. The first-order chi connectivity index (χ1) is 9.59. The smallest absolute Gasteiger partial charge is 0.270 e. The van der Waals surface area contributed by atoms with E-state index in [-0.39, 0.29) is 17.0 Å². The average molecular weight is 311 g/mol. The summed E-state index contributed by atoms with van der Waals surface area (Å²) in [5, 5.41) is 0.616. The number of nitrogens with zero attached hydrogens (tertiary/aromatic N) is 1. The summed E-state index contributed by atoms with van der Waals surface area (Å²) in [7, 11) is 2.02. The van der Waals surface area contributed by atoms with E-state index in [9.17, 15) is 4.79 Å². The van der Waals surface area contributed by atoms with Crippen molar-refractivity contribution in [3.8, 4) is 0 Å². The predicted octanol–water partition coefficient (Wildman–Crippen LogP) is 4.60. The molecule has 0 bridgehead atoms. The lowest BCUT2D eigenvalue weighted by atomic mass is 9.79. The van der Waals surface area contributed by atoms with Gasteiger partial charge in [0.25, 0.3) is 0 Å². The van der Waals surface area contributed by atoms with Crippen LogP contribution in [0, 0.1) is 0 Å². The first-order valence-corrected chi connectivity index (χ1v) is 7.83. The largest absolute Gasteiger partial charge is 0.397 e. The molecule has 0 spiro atoms. The summed E-state index contributed by atoms with van der Waals surface area (Å²) < 4.78 is 0.293. The molecule has 0 aliphatic carbocycles. The van der Waals surface area contributed by atoms with Gasteiger partial charge < -0.3 is 0 Å². The molecule has 1 fully saturated rings. The second kappa shape index (κ2) is 5.29. The van der Waals surface area contributed by atoms with E-state index in [0.717, 1.165) is 19.3 Å². The second-order valence-corrected chi connectivity index (χ2v) is 7.72. The van der Waals surface area contributed by atoms with Gasteiger partial charge in [0, 0.05) is 17.9 Å². The molecule has 0 aromatic heterocycles. The van der Waals surface area contributed by atoms with Crippen LogP contribution in [-0.4, -0.2) is 28.7 Å². The third kappa shape index (κ3) is 2.82. The van der Waals surface area contributed by atoms with Crippen LogP contribution in [0.4, 0.5) is 0 Å². The minimum atomic E-state index is -0.294. The molecular formula is C17H25ClNO2+. The van der Waals surface area contributed by atoms with E-state index in [4.69, 9.17) is 16.4 Å². The van der Waals surface area contributed by atoms with Crippen molar-refractivity contribution >= 4 is 17.6 Å². The van der Waals surface area contributed by atoms with Gasteiger partial charge in [0.05, 0.1) is 5.56 Å². The van der Waals surface area contributed by atoms with Crippen molar-refractivity contribution in [3.63, 3.8) is 0 Å². The minimum absolute atomic E-state index is 0.107. The number of carbonyl (C=O) groups excluding carboxylic acids is 1. The van der Waals surface area contributed by atoms with E-state index in [2.05, 4.69) is 27.7 Å². The molecule has 1 aromatic carbocycles. The topological polar surface area (TPSA) is 26.3 Å². The molecule has 3 nitrogen and oxygen atoms in total. The highest BCUT2D eigenvalue weighted by Gasteiger charge is 2.57. The number of benzene rings is 1. The first-order valence-electron chi connectivity index (χ1n) is 7.45. The van der Waals surface area contributed by atoms with Crippen LogP contribution in [0.25, 0.3) is 0 Å². The number of hydrogen-bond acceptors (Lipinski definition) is 2. The van der Waals surface area contributed by atoms with Crippen molar-refractivity contribution in [3.05, 3.63) is 34.9 Å². The molecule has 1 heterocycles. The average Bonchev–Trinajstić information content (AvgIpc) is 2.37. The molecule has 0 atom stereocenters. The second-order valence-electron chi connectivity index (χ2n) is 7.29. The molecule has 2 rings (SSSR count). The summed E-state index contributed by atoms with van der Waals surface area (Å²) in [6.45, 7) is 8.68. The lowest BCUT2D eigenvalue weighted by Crippen LogP contribution is -2.71. The van der Waals surface area contributed by atoms with Crippen molar-refractivity contribution in [1.29, 1.82) is 0 Å². The zero-order valence-corrected chi connectivity index (χ0v) is 14.3. The van der Waals surface area contributed by atoms with Crippen molar-refractivity contribution in [1.82, 2.24) is 0 Å². The third-order valence-corrected chi connectivity index (χ3v) is 5.48. The Bertz CT molecular complexity index is 518. The fraction of sp³-hybridized carbons (Fsp3) is 0.588. The first kappa shape index (κ1) is 16.3. The molecule has 0 amide bonds. The van der Waals surface area contributed by atoms with Gasteiger partial charge in [-0.2, -0.15) is 0 Å². The van der Waals surface area contributed by atoms with Gasteiger partial charge in [0.15, 0.2) is 0 Å². The molecule has 116 valence electrons. The molecule has 0 saturated carbocycles. The SMILES string of the molecule is CC1(C)CCCC(C)(C)[N+]1(C)OC(=O)c1ccc(Cl)cc1. The molecule has 1 aliphatic heterocycles. The van der Waals surface area contributed by atoms with Crippen molar-refractivity contribution < 1.29 is 14.3 Å². The summed E-state index contributed by atoms with van der Waals surface area (Å²) in [5.41, 5.74) is 0.323. The van der Waals surface area contributed by atoms with E-state index < -0.39 is 0 Å². The maximum Gasteiger partial charge on any atom is 0.397 e. The van der Waals surface area contributed by atoms with Gasteiger partial charge in [-0.3, -0.25) is 4.84 Å². The quantitative estimate of drug-likeness (QED) is 0.746. The van der Waals surface area contributed by atoms with Gasteiger partial charge in [-0.1, -0.05) is 11.6 Å². The minimum Gasteiger partial charge on any atom is -0.270 e. The normalized spacial score (nSPS) is 22.6. The number of quaternary nitrogens is 1. The van der Waals surface area contributed by atoms with E-state index in [1.165, 1.54) is 0 Å². The number of likely N-dealkylation sites (tertiary alicyclic amines) is 1. The molecule has 1 aromatic rings. The summed E-state index contributed by atoms with van der Waals surface area (Å²) >= 11 is 5.87. The lowest BCUT2D eigenvalue weighted by Gasteiger charge is -2.55. The molecule has 0 N–H and O–H groups in total. The zero-order chi connectivity index (χ0) is 15.9. The van der Waals surface area contributed by atoms with Crippen LogP contribution in [0.3, 0.4) is 0 Å². The molecule has 21 heavy (non-hydrogen) atoms. The Balaban J connectivity index is 2.30. The highest BCUT2D eigenvalue weighted by atomic mass is 35.5.